The number of imidazole rings is 1. The number of morpholine rings is 1. The first-order chi connectivity index (χ1) is 14.2. The summed E-state index contributed by atoms with van der Waals surface area (Å²) >= 11 is 0. The molecular weight excluding hydrogens is 362 g/mol. The van der Waals surface area contributed by atoms with E-state index in [9.17, 15) is 0 Å². The fourth-order valence-electron chi connectivity index (χ4n) is 4.04. The van der Waals surface area contributed by atoms with E-state index in [1.807, 2.05) is 12.1 Å². The molecule has 1 aliphatic heterocycles. The number of aryl methyl sites for hydroxylation is 2. The summed E-state index contributed by atoms with van der Waals surface area (Å²) in [5.41, 5.74) is 3.54. The fraction of sp³-hybridized carbons (Fsp3) is 0.458. The molecule has 2 aromatic carbocycles. The lowest BCUT2D eigenvalue weighted by atomic mass is 10.2. The number of hydrogen-bond donors (Lipinski definition) is 0. The van der Waals surface area contributed by atoms with Crippen molar-refractivity contribution in [2.24, 2.45) is 0 Å². The molecule has 1 fully saturated rings. The second kappa shape index (κ2) is 9.42. The molecular formula is C24H31N3O2. The van der Waals surface area contributed by atoms with Crippen LogP contribution in [-0.2, 0) is 11.3 Å². The van der Waals surface area contributed by atoms with Crippen LogP contribution in [-0.4, -0.2) is 47.4 Å². The molecule has 29 heavy (non-hydrogen) atoms. The minimum Gasteiger partial charge on any atom is -0.494 e. The number of aromatic nitrogens is 2. The zero-order chi connectivity index (χ0) is 20.1. The van der Waals surface area contributed by atoms with Crippen molar-refractivity contribution >= 4 is 11.0 Å². The van der Waals surface area contributed by atoms with Gasteiger partial charge in [0.25, 0.3) is 0 Å². The largest absolute Gasteiger partial charge is 0.494 e. The SMILES string of the molecule is Cc1cccc(OCCCCn2c(C(C)N3CCOCC3)nc3ccccc32)c1. The van der Waals surface area contributed by atoms with E-state index in [2.05, 4.69) is 59.7 Å². The molecule has 1 unspecified atom stereocenters. The molecule has 2 heterocycles. The highest BCUT2D eigenvalue weighted by Crippen LogP contribution is 2.26. The summed E-state index contributed by atoms with van der Waals surface area (Å²) in [4.78, 5) is 7.47. The Morgan fingerprint density at radius 3 is 2.72 bits per heavy atom. The van der Waals surface area contributed by atoms with Gasteiger partial charge in [-0.1, -0.05) is 24.3 Å². The normalized spacial score (nSPS) is 16.2. The molecule has 3 aromatic rings. The van der Waals surface area contributed by atoms with Crippen LogP contribution in [0.3, 0.4) is 0 Å². The van der Waals surface area contributed by atoms with Gasteiger partial charge in [-0.05, 0) is 56.5 Å². The Balaban J connectivity index is 1.41. The summed E-state index contributed by atoms with van der Waals surface area (Å²) in [5, 5.41) is 0. The Labute approximate surface area is 173 Å². The quantitative estimate of drug-likeness (QED) is 0.525. The van der Waals surface area contributed by atoms with Crippen LogP contribution >= 0.6 is 0 Å². The molecule has 0 aliphatic carbocycles. The number of para-hydroxylation sites is 2. The molecule has 0 spiro atoms. The predicted molar refractivity (Wildman–Crippen MR) is 116 cm³/mol. The fourth-order valence-corrected chi connectivity index (χ4v) is 4.04. The van der Waals surface area contributed by atoms with E-state index in [-0.39, 0.29) is 6.04 Å². The average Bonchev–Trinajstić information content (AvgIpc) is 3.12. The molecule has 0 saturated carbocycles. The Morgan fingerprint density at radius 1 is 1.07 bits per heavy atom. The van der Waals surface area contributed by atoms with E-state index in [0.717, 1.165) is 69.4 Å². The first-order valence-corrected chi connectivity index (χ1v) is 10.7. The van der Waals surface area contributed by atoms with Gasteiger partial charge in [-0.3, -0.25) is 4.90 Å². The van der Waals surface area contributed by atoms with Gasteiger partial charge in [-0.2, -0.15) is 0 Å². The average molecular weight is 394 g/mol. The molecule has 0 N–H and O–H groups in total. The van der Waals surface area contributed by atoms with Crippen LogP contribution in [0, 0.1) is 6.92 Å². The van der Waals surface area contributed by atoms with Crippen molar-refractivity contribution < 1.29 is 9.47 Å². The Morgan fingerprint density at radius 2 is 1.90 bits per heavy atom. The number of ether oxygens (including phenoxy) is 2. The minimum atomic E-state index is 0.287. The third-order valence-electron chi connectivity index (χ3n) is 5.69. The molecule has 1 saturated heterocycles. The number of nitrogens with zero attached hydrogens (tertiary/aromatic N) is 3. The number of fused-ring (bicyclic) bond motifs is 1. The van der Waals surface area contributed by atoms with Crippen LogP contribution in [0.5, 0.6) is 5.75 Å². The zero-order valence-corrected chi connectivity index (χ0v) is 17.5. The molecule has 5 nitrogen and oxygen atoms in total. The lowest BCUT2D eigenvalue weighted by molar-refractivity contribution is 0.0176. The van der Waals surface area contributed by atoms with E-state index in [0.29, 0.717) is 0 Å². The van der Waals surface area contributed by atoms with Gasteiger partial charge in [-0.25, -0.2) is 4.98 Å². The summed E-state index contributed by atoms with van der Waals surface area (Å²) in [7, 11) is 0. The number of unbranched alkanes of at least 4 members (excludes halogenated alkanes) is 1. The van der Waals surface area contributed by atoms with Crippen LogP contribution < -0.4 is 4.74 Å². The van der Waals surface area contributed by atoms with Crippen molar-refractivity contribution in [2.45, 2.75) is 39.3 Å². The van der Waals surface area contributed by atoms with E-state index < -0.39 is 0 Å². The summed E-state index contributed by atoms with van der Waals surface area (Å²) in [5.74, 6) is 2.12. The van der Waals surface area contributed by atoms with Gasteiger partial charge >= 0.3 is 0 Å². The van der Waals surface area contributed by atoms with Crippen LogP contribution in [0.2, 0.25) is 0 Å². The second-order valence-corrected chi connectivity index (χ2v) is 7.81. The highest BCUT2D eigenvalue weighted by atomic mass is 16.5. The predicted octanol–water partition coefficient (Wildman–Crippen LogP) is 4.60. The van der Waals surface area contributed by atoms with Crippen molar-refractivity contribution in [1.29, 1.82) is 0 Å². The number of benzene rings is 2. The Bertz CT molecular complexity index is 931. The summed E-state index contributed by atoms with van der Waals surface area (Å²) in [6.45, 7) is 9.61. The van der Waals surface area contributed by atoms with Crippen LogP contribution in [0.1, 0.15) is 37.2 Å². The molecule has 0 radical (unpaired) electrons. The summed E-state index contributed by atoms with van der Waals surface area (Å²) in [6.07, 6.45) is 2.08. The topological polar surface area (TPSA) is 39.5 Å². The first-order valence-electron chi connectivity index (χ1n) is 10.7. The van der Waals surface area contributed by atoms with Gasteiger partial charge in [0.05, 0.1) is 36.9 Å². The van der Waals surface area contributed by atoms with E-state index in [4.69, 9.17) is 14.5 Å². The lowest BCUT2D eigenvalue weighted by Gasteiger charge is -2.32. The maximum absolute atomic E-state index is 5.92. The molecule has 0 bridgehead atoms. The van der Waals surface area contributed by atoms with Crippen molar-refractivity contribution in [3.63, 3.8) is 0 Å². The maximum Gasteiger partial charge on any atom is 0.127 e. The number of hydrogen-bond acceptors (Lipinski definition) is 4. The van der Waals surface area contributed by atoms with Gasteiger partial charge in [0.2, 0.25) is 0 Å². The molecule has 1 aromatic heterocycles. The maximum atomic E-state index is 5.92. The van der Waals surface area contributed by atoms with Crippen LogP contribution in [0.4, 0.5) is 0 Å². The van der Waals surface area contributed by atoms with Crippen molar-refractivity contribution in [2.75, 3.05) is 32.9 Å². The zero-order valence-electron chi connectivity index (χ0n) is 17.5. The minimum absolute atomic E-state index is 0.287. The smallest absolute Gasteiger partial charge is 0.127 e. The van der Waals surface area contributed by atoms with Gasteiger partial charge < -0.3 is 14.0 Å². The highest BCUT2D eigenvalue weighted by Gasteiger charge is 2.23. The molecule has 154 valence electrons. The summed E-state index contributed by atoms with van der Waals surface area (Å²) in [6, 6.07) is 17.0. The summed E-state index contributed by atoms with van der Waals surface area (Å²) < 4.78 is 13.9. The Kier molecular flexibility index (Phi) is 6.47. The van der Waals surface area contributed by atoms with Crippen molar-refractivity contribution in [1.82, 2.24) is 14.5 Å². The second-order valence-electron chi connectivity index (χ2n) is 7.81. The molecule has 0 amide bonds. The third-order valence-corrected chi connectivity index (χ3v) is 5.69. The van der Waals surface area contributed by atoms with E-state index in [1.54, 1.807) is 0 Å². The van der Waals surface area contributed by atoms with Crippen molar-refractivity contribution in [3.8, 4) is 5.75 Å². The Hall–Kier alpha value is -2.37. The van der Waals surface area contributed by atoms with Gasteiger partial charge in [0.1, 0.15) is 11.6 Å². The molecule has 4 rings (SSSR count). The lowest BCUT2D eigenvalue weighted by Crippen LogP contribution is -2.39. The van der Waals surface area contributed by atoms with Crippen LogP contribution in [0.25, 0.3) is 11.0 Å². The van der Waals surface area contributed by atoms with E-state index >= 15 is 0 Å². The van der Waals surface area contributed by atoms with E-state index in [1.165, 1.54) is 11.1 Å². The number of rotatable bonds is 8. The molecule has 1 atom stereocenters. The third kappa shape index (κ3) is 4.80. The van der Waals surface area contributed by atoms with Gasteiger partial charge in [-0.15, -0.1) is 0 Å². The monoisotopic (exact) mass is 393 g/mol. The molecule has 5 heteroatoms. The van der Waals surface area contributed by atoms with Gasteiger partial charge in [0, 0.05) is 19.6 Å². The standard InChI is InChI=1S/C24H31N3O2/c1-19-8-7-9-21(18-19)29-15-6-5-12-27-23-11-4-3-10-22(23)25-24(27)20(2)26-13-16-28-17-14-26/h3-4,7-11,18,20H,5-6,12-17H2,1-2H3. The highest BCUT2D eigenvalue weighted by molar-refractivity contribution is 5.76. The van der Waals surface area contributed by atoms with Crippen LogP contribution in [0.15, 0.2) is 48.5 Å². The van der Waals surface area contributed by atoms with Gasteiger partial charge in [0.15, 0.2) is 0 Å². The molecule has 1 aliphatic rings. The first kappa shape index (κ1) is 19.9. The van der Waals surface area contributed by atoms with Crippen molar-refractivity contribution in [3.05, 3.63) is 59.9 Å².